The van der Waals surface area contributed by atoms with Gasteiger partial charge in [0.05, 0.1) is 11.8 Å². The standard InChI is InChI=1S/C15H11FN2O3/c16-13-3-1-2-12(8-13)14(19)18-17-9-10-4-6-11(7-5-10)15(20)21/h1-9H,(H,18,19)(H,20,21)/b17-9-. The van der Waals surface area contributed by atoms with Crippen LogP contribution in [0.25, 0.3) is 0 Å². The van der Waals surface area contributed by atoms with Gasteiger partial charge in [0.1, 0.15) is 5.82 Å². The second-order valence-electron chi connectivity index (χ2n) is 4.14. The van der Waals surface area contributed by atoms with Crippen molar-refractivity contribution in [1.29, 1.82) is 0 Å². The van der Waals surface area contributed by atoms with Crippen molar-refractivity contribution < 1.29 is 19.1 Å². The van der Waals surface area contributed by atoms with E-state index in [-0.39, 0.29) is 11.1 Å². The number of benzene rings is 2. The number of hydrazone groups is 1. The van der Waals surface area contributed by atoms with Gasteiger partial charge in [-0.15, -0.1) is 0 Å². The number of amides is 1. The zero-order valence-electron chi connectivity index (χ0n) is 10.8. The summed E-state index contributed by atoms with van der Waals surface area (Å²) in [5.74, 6) is -2.05. The molecule has 0 aliphatic carbocycles. The quantitative estimate of drug-likeness (QED) is 0.668. The summed E-state index contributed by atoms with van der Waals surface area (Å²) in [4.78, 5) is 22.3. The van der Waals surface area contributed by atoms with Gasteiger partial charge in [0.2, 0.25) is 0 Å². The summed E-state index contributed by atoms with van der Waals surface area (Å²) >= 11 is 0. The maximum absolute atomic E-state index is 13.0. The summed E-state index contributed by atoms with van der Waals surface area (Å²) in [6.45, 7) is 0. The third-order valence-corrected chi connectivity index (χ3v) is 2.62. The molecule has 0 aliphatic rings. The van der Waals surface area contributed by atoms with Crippen molar-refractivity contribution in [2.75, 3.05) is 0 Å². The highest BCUT2D eigenvalue weighted by atomic mass is 19.1. The largest absolute Gasteiger partial charge is 0.478 e. The minimum absolute atomic E-state index is 0.161. The lowest BCUT2D eigenvalue weighted by atomic mass is 10.1. The summed E-state index contributed by atoms with van der Waals surface area (Å²) < 4.78 is 13.0. The number of carboxylic acids is 1. The number of aromatic carboxylic acids is 1. The molecular weight excluding hydrogens is 275 g/mol. The van der Waals surface area contributed by atoms with Gasteiger partial charge in [-0.25, -0.2) is 14.6 Å². The van der Waals surface area contributed by atoms with Crippen LogP contribution in [0, 0.1) is 5.82 Å². The van der Waals surface area contributed by atoms with E-state index in [1.165, 1.54) is 36.5 Å². The van der Waals surface area contributed by atoms with Crippen molar-refractivity contribution in [2.45, 2.75) is 0 Å². The van der Waals surface area contributed by atoms with E-state index in [1.807, 2.05) is 0 Å². The fourth-order valence-corrected chi connectivity index (χ4v) is 1.57. The molecule has 5 nitrogen and oxygen atoms in total. The molecule has 0 radical (unpaired) electrons. The van der Waals surface area contributed by atoms with Gasteiger partial charge in [0, 0.05) is 5.56 Å². The first kappa shape index (κ1) is 14.4. The van der Waals surface area contributed by atoms with Crippen molar-refractivity contribution in [2.24, 2.45) is 5.10 Å². The Balaban J connectivity index is 1.99. The molecule has 0 bridgehead atoms. The molecule has 0 heterocycles. The molecule has 6 heteroatoms. The Morgan fingerprint density at radius 2 is 1.81 bits per heavy atom. The molecule has 106 valence electrons. The number of carbonyl (C=O) groups is 2. The first-order chi connectivity index (χ1) is 10.1. The number of carboxylic acid groups (broad SMARTS) is 1. The van der Waals surface area contributed by atoms with Crippen molar-refractivity contribution in [3.8, 4) is 0 Å². The average Bonchev–Trinajstić information content (AvgIpc) is 2.47. The molecule has 0 saturated carbocycles. The monoisotopic (exact) mass is 286 g/mol. The number of nitrogens with one attached hydrogen (secondary N) is 1. The number of carbonyl (C=O) groups excluding carboxylic acids is 1. The average molecular weight is 286 g/mol. The third kappa shape index (κ3) is 3.97. The highest BCUT2D eigenvalue weighted by Crippen LogP contribution is 2.04. The molecule has 21 heavy (non-hydrogen) atoms. The van der Waals surface area contributed by atoms with Crippen molar-refractivity contribution in [3.05, 3.63) is 71.0 Å². The number of rotatable bonds is 4. The second-order valence-corrected chi connectivity index (χ2v) is 4.14. The number of hydrogen-bond acceptors (Lipinski definition) is 3. The summed E-state index contributed by atoms with van der Waals surface area (Å²) in [5.41, 5.74) is 3.21. The maximum atomic E-state index is 13.0. The van der Waals surface area contributed by atoms with E-state index >= 15 is 0 Å². The highest BCUT2D eigenvalue weighted by molar-refractivity contribution is 5.95. The smallest absolute Gasteiger partial charge is 0.335 e. The number of hydrogen-bond donors (Lipinski definition) is 2. The first-order valence-corrected chi connectivity index (χ1v) is 5.98. The fourth-order valence-electron chi connectivity index (χ4n) is 1.57. The Kier molecular flexibility index (Phi) is 4.40. The SMILES string of the molecule is O=C(O)c1ccc(/C=N\NC(=O)c2cccc(F)c2)cc1. The Bertz CT molecular complexity index is 696. The molecule has 0 spiro atoms. The minimum atomic E-state index is -1.02. The summed E-state index contributed by atoms with van der Waals surface area (Å²) in [6, 6.07) is 11.2. The Morgan fingerprint density at radius 1 is 1.10 bits per heavy atom. The second kappa shape index (κ2) is 6.42. The molecule has 0 aromatic heterocycles. The van der Waals surface area contributed by atoms with Crippen LogP contribution in [0.4, 0.5) is 4.39 Å². The first-order valence-electron chi connectivity index (χ1n) is 5.98. The van der Waals surface area contributed by atoms with Gasteiger partial charge in [0.25, 0.3) is 5.91 Å². The molecule has 0 unspecified atom stereocenters. The van der Waals surface area contributed by atoms with Gasteiger partial charge in [-0.2, -0.15) is 5.10 Å². The van der Waals surface area contributed by atoms with Gasteiger partial charge in [-0.05, 0) is 35.9 Å². The highest BCUT2D eigenvalue weighted by Gasteiger charge is 2.04. The lowest BCUT2D eigenvalue weighted by Crippen LogP contribution is -2.17. The van der Waals surface area contributed by atoms with Crippen LogP contribution in [0.1, 0.15) is 26.3 Å². The van der Waals surface area contributed by atoms with E-state index in [2.05, 4.69) is 10.5 Å². The van der Waals surface area contributed by atoms with Crippen LogP contribution in [-0.2, 0) is 0 Å². The van der Waals surface area contributed by atoms with E-state index in [0.717, 1.165) is 6.07 Å². The van der Waals surface area contributed by atoms with Gasteiger partial charge in [-0.1, -0.05) is 18.2 Å². The minimum Gasteiger partial charge on any atom is -0.478 e. The molecule has 2 N–H and O–H groups in total. The molecule has 0 atom stereocenters. The molecule has 2 rings (SSSR count). The van der Waals surface area contributed by atoms with E-state index < -0.39 is 17.7 Å². The Morgan fingerprint density at radius 3 is 2.43 bits per heavy atom. The molecular formula is C15H11FN2O3. The summed E-state index contributed by atoms with van der Waals surface area (Å²) in [6.07, 6.45) is 1.36. The van der Waals surface area contributed by atoms with Gasteiger partial charge < -0.3 is 5.11 Å². The van der Waals surface area contributed by atoms with E-state index in [1.54, 1.807) is 12.1 Å². The van der Waals surface area contributed by atoms with E-state index in [0.29, 0.717) is 5.56 Å². The topological polar surface area (TPSA) is 78.8 Å². The molecule has 0 saturated heterocycles. The third-order valence-electron chi connectivity index (χ3n) is 2.62. The number of halogens is 1. The van der Waals surface area contributed by atoms with Crippen molar-refractivity contribution in [1.82, 2.24) is 5.43 Å². The predicted octanol–water partition coefficient (Wildman–Crippen LogP) is 2.29. The van der Waals surface area contributed by atoms with Crippen molar-refractivity contribution >= 4 is 18.1 Å². The zero-order valence-corrected chi connectivity index (χ0v) is 10.8. The Hall–Kier alpha value is -3.02. The molecule has 0 fully saturated rings. The van der Waals surface area contributed by atoms with Crippen LogP contribution in [0.15, 0.2) is 53.6 Å². The van der Waals surface area contributed by atoms with Crippen LogP contribution in [0.2, 0.25) is 0 Å². The van der Waals surface area contributed by atoms with Crippen LogP contribution in [0.5, 0.6) is 0 Å². The van der Waals surface area contributed by atoms with Crippen LogP contribution in [-0.4, -0.2) is 23.2 Å². The van der Waals surface area contributed by atoms with Gasteiger partial charge in [-0.3, -0.25) is 4.79 Å². The van der Waals surface area contributed by atoms with Crippen LogP contribution in [0.3, 0.4) is 0 Å². The Labute approximate surface area is 119 Å². The normalized spacial score (nSPS) is 10.5. The van der Waals surface area contributed by atoms with Gasteiger partial charge >= 0.3 is 5.97 Å². The van der Waals surface area contributed by atoms with Crippen molar-refractivity contribution in [3.63, 3.8) is 0 Å². The number of nitrogens with zero attached hydrogens (tertiary/aromatic N) is 1. The summed E-state index contributed by atoms with van der Waals surface area (Å²) in [7, 11) is 0. The fraction of sp³-hybridized carbons (Fsp3) is 0. The molecule has 0 aliphatic heterocycles. The van der Waals surface area contributed by atoms with Crippen LogP contribution >= 0.6 is 0 Å². The molecule has 2 aromatic rings. The molecule has 2 aromatic carbocycles. The van der Waals surface area contributed by atoms with E-state index in [4.69, 9.17) is 5.11 Å². The van der Waals surface area contributed by atoms with E-state index in [9.17, 15) is 14.0 Å². The van der Waals surface area contributed by atoms with Gasteiger partial charge in [0.15, 0.2) is 0 Å². The predicted molar refractivity (Wildman–Crippen MR) is 74.9 cm³/mol. The summed E-state index contributed by atoms with van der Waals surface area (Å²) in [5, 5.41) is 12.5. The lowest BCUT2D eigenvalue weighted by molar-refractivity contribution is 0.0696. The zero-order chi connectivity index (χ0) is 15.2. The molecule has 1 amide bonds. The lowest BCUT2D eigenvalue weighted by Gasteiger charge is -2.00. The maximum Gasteiger partial charge on any atom is 0.335 e. The van der Waals surface area contributed by atoms with Crippen LogP contribution < -0.4 is 5.43 Å².